The van der Waals surface area contributed by atoms with Crippen LogP contribution in [0.4, 0.5) is 4.79 Å². The Morgan fingerprint density at radius 3 is 2.04 bits per heavy atom. The van der Waals surface area contributed by atoms with E-state index in [-0.39, 0.29) is 53.8 Å². The van der Waals surface area contributed by atoms with Crippen molar-refractivity contribution in [3.05, 3.63) is 151 Å². The van der Waals surface area contributed by atoms with Crippen molar-refractivity contribution in [3.8, 4) is 0 Å². The lowest BCUT2D eigenvalue weighted by atomic mass is 9.44. The third kappa shape index (κ3) is 13.7. The SMILES string of the molecule is CC(=O)O[C@H]1C(=O)C2(C)[C@@H](OC(=O)NCCCCCCn3c(=O)c(C)cn([C@@H]4C[C@@H](O)[C@H](COP(=O)(O)O)O4)c3=O)C[C@H]3OC[C@@]3(OC(C)=O)[C@H]2[C@H](OC(=O)c2ccccc2)[C@]2(O)C[C@H](OC(=O)[C@H](O)[C@@H](NC(=O)c3ccccc3)c3ccccc3)C(C)=C1C2(C)C. The summed E-state index contributed by atoms with van der Waals surface area (Å²) in [5.74, 6) is -7.51. The van der Waals surface area contributed by atoms with Crippen LogP contribution in [0.5, 0.6) is 0 Å². The van der Waals surface area contributed by atoms with Gasteiger partial charge in [-0.25, -0.2) is 23.7 Å². The molecule has 2 amide bonds. The first kappa shape index (κ1) is 68.6. The minimum atomic E-state index is -4.89. The molecule has 1 aromatic heterocycles. The number of aromatic nitrogens is 2. The maximum absolute atomic E-state index is 16.4. The van der Waals surface area contributed by atoms with Crippen LogP contribution in [0.15, 0.2) is 118 Å². The van der Waals surface area contributed by atoms with E-state index in [1.165, 1.54) is 65.1 Å². The number of aryl methyl sites for hydroxylation is 1. The normalized spacial score (nSPS) is 28.7. The van der Waals surface area contributed by atoms with Crippen LogP contribution in [-0.2, 0) is 68.0 Å². The molecule has 2 saturated heterocycles. The molecule has 3 aliphatic carbocycles. The average Bonchev–Trinajstić information content (AvgIpc) is 0.721. The zero-order valence-corrected chi connectivity index (χ0v) is 52.7. The number of nitrogens with one attached hydrogen (secondary N) is 2. The highest BCUT2D eigenvalue weighted by Crippen LogP contribution is 2.65. The van der Waals surface area contributed by atoms with E-state index >= 15 is 4.79 Å². The molecular formula is C64H77N4O23P. The van der Waals surface area contributed by atoms with Gasteiger partial charge in [0.25, 0.3) is 11.5 Å². The highest BCUT2D eigenvalue weighted by Gasteiger charge is 2.79. The molecule has 28 heteroatoms. The number of ether oxygens (including phenoxy) is 7. The predicted octanol–water partition coefficient (Wildman–Crippen LogP) is 4.12. The Hall–Kier alpha value is -7.72. The van der Waals surface area contributed by atoms with Gasteiger partial charge in [-0.3, -0.25) is 37.6 Å². The van der Waals surface area contributed by atoms with Gasteiger partial charge in [0.05, 0.1) is 42.3 Å². The second-order valence-electron chi connectivity index (χ2n) is 24.8. The van der Waals surface area contributed by atoms with Crippen molar-refractivity contribution in [1.29, 1.82) is 0 Å². The first-order valence-corrected chi connectivity index (χ1v) is 31.8. The molecule has 3 heterocycles. The second-order valence-corrected chi connectivity index (χ2v) is 26.0. The lowest BCUT2D eigenvalue weighted by Crippen LogP contribution is -2.82. The molecule has 2 bridgehead atoms. The molecule has 0 radical (unpaired) electrons. The van der Waals surface area contributed by atoms with Crippen LogP contribution in [0, 0.1) is 23.7 Å². The molecule has 3 aromatic carbocycles. The summed E-state index contributed by atoms with van der Waals surface area (Å²) in [7, 11) is -4.89. The number of rotatable bonds is 22. The fourth-order valence-corrected chi connectivity index (χ4v) is 14.2. The average molecular weight is 1300 g/mol. The molecule has 2 aliphatic heterocycles. The monoisotopic (exact) mass is 1300 g/mol. The maximum Gasteiger partial charge on any atom is 0.469 e. The van der Waals surface area contributed by atoms with E-state index in [9.17, 15) is 58.2 Å². The number of aliphatic hydroxyl groups excluding tert-OH is 2. The van der Waals surface area contributed by atoms with Gasteiger partial charge in [-0.2, -0.15) is 0 Å². The van der Waals surface area contributed by atoms with E-state index in [1.54, 1.807) is 66.7 Å². The number of phosphoric acid groups is 1. The number of carbonyl (C=O) groups excluding carboxylic acids is 7. The topological polar surface area (TPSA) is 380 Å². The highest BCUT2D eigenvalue weighted by molar-refractivity contribution is 7.46. The largest absolute Gasteiger partial charge is 0.469 e. The lowest BCUT2D eigenvalue weighted by Gasteiger charge is -2.67. The summed E-state index contributed by atoms with van der Waals surface area (Å²) in [5.41, 5.74) is -9.20. The number of fused-ring (bicyclic) bond motifs is 5. The van der Waals surface area contributed by atoms with Crippen molar-refractivity contribution < 1.29 is 101 Å². The van der Waals surface area contributed by atoms with Gasteiger partial charge in [0.1, 0.15) is 42.3 Å². The van der Waals surface area contributed by atoms with E-state index in [2.05, 4.69) is 15.2 Å². The number of aliphatic hydroxyl groups is 3. The summed E-state index contributed by atoms with van der Waals surface area (Å²) < 4.78 is 61.1. The zero-order valence-electron chi connectivity index (χ0n) is 51.8. The number of hydrogen-bond donors (Lipinski definition) is 7. The number of carbonyl (C=O) groups is 7. The van der Waals surface area contributed by atoms with Crippen LogP contribution in [-0.4, -0.2) is 156 Å². The van der Waals surface area contributed by atoms with Crippen LogP contribution in [0.1, 0.15) is 131 Å². The van der Waals surface area contributed by atoms with Crippen LogP contribution in [0.2, 0.25) is 0 Å². The Balaban J connectivity index is 1.00. The summed E-state index contributed by atoms with van der Waals surface area (Å²) in [6.07, 6.45) is -13.3. The number of hydrogen-bond acceptors (Lipinski definition) is 21. The van der Waals surface area contributed by atoms with Gasteiger partial charge >= 0.3 is 43.5 Å². The fraction of sp³-hybridized carbons (Fsp3) is 0.516. The molecule has 2 saturated carbocycles. The highest BCUT2D eigenvalue weighted by atomic mass is 31.2. The number of nitrogens with zero attached hydrogens (tertiary/aromatic N) is 2. The van der Waals surface area contributed by atoms with Gasteiger partial charge in [-0.1, -0.05) is 93.4 Å². The molecule has 14 atom stereocenters. The third-order valence-corrected chi connectivity index (χ3v) is 19.0. The summed E-state index contributed by atoms with van der Waals surface area (Å²) in [4.78, 5) is 146. The van der Waals surface area contributed by atoms with Crippen LogP contribution >= 0.6 is 7.82 Å². The number of unbranched alkanes of at least 4 members (excludes halogenated alkanes) is 3. The van der Waals surface area contributed by atoms with Crippen molar-refractivity contribution in [2.75, 3.05) is 19.8 Å². The van der Waals surface area contributed by atoms with E-state index < -0.39 is 169 Å². The molecule has 4 fully saturated rings. The molecule has 5 aliphatic rings. The van der Waals surface area contributed by atoms with Gasteiger partial charge in [0.2, 0.25) is 0 Å². The molecule has 496 valence electrons. The number of ketones is 1. The Bertz CT molecular complexity index is 3650. The molecule has 0 spiro atoms. The molecule has 4 aromatic rings. The second kappa shape index (κ2) is 27.5. The number of Topliss-reactive ketones (excluding diaryl/α,β-unsaturated/α-hetero) is 1. The standard InChI is InChI=1S/C64H77N4O23P/c1-35-32-68(47-29-42(71)44(87-47)33-85-92(81,82)83)60(79)67(56(35)75)28-20-9-8-19-27-65-59(78)89-45-30-46-63(34-84-46,91-38(4)70)52-54(90-57(76)41-25-17-12-18-26-41)64(80)31-43(36(2)48(61(64,5)6)51(86-37(3)69)53(73)62(45,52)7)88-58(77)50(72)49(39-21-13-10-14-22-39)66-55(74)40-23-15-11-16-24-40/h10-18,21-26,32,42-47,49-52,54,71-72,80H,8-9,19-20,27-31,33-34H2,1-7H3,(H,65,78)(H,66,74)(H2,81,82,83)/t42-,43+,44+,45+,46-,47+,49+,50-,51-,52+,54+,62?,63+,64-/m1/s1. The van der Waals surface area contributed by atoms with Crippen LogP contribution < -0.4 is 21.9 Å². The zero-order chi connectivity index (χ0) is 66.8. The predicted molar refractivity (Wildman–Crippen MR) is 321 cm³/mol. The maximum atomic E-state index is 16.4. The Kier molecular flexibility index (Phi) is 20.5. The minimum Gasteiger partial charge on any atom is -0.456 e. The smallest absolute Gasteiger partial charge is 0.456 e. The molecule has 9 rings (SSSR count). The molecular weight excluding hydrogens is 1220 g/mol. The van der Waals surface area contributed by atoms with Gasteiger partial charge < -0.3 is 68.9 Å². The minimum absolute atomic E-state index is 0.00387. The fourth-order valence-electron chi connectivity index (χ4n) is 13.8. The summed E-state index contributed by atoms with van der Waals surface area (Å²) >= 11 is 0. The third-order valence-electron chi connectivity index (χ3n) is 18.6. The van der Waals surface area contributed by atoms with Gasteiger partial charge in [-0.15, -0.1) is 0 Å². The van der Waals surface area contributed by atoms with Crippen molar-refractivity contribution >= 4 is 49.5 Å². The van der Waals surface area contributed by atoms with Crippen molar-refractivity contribution in [3.63, 3.8) is 0 Å². The Morgan fingerprint density at radius 2 is 1.43 bits per heavy atom. The van der Waals surface area contributed by atoms with Crippen molar-refractivity contribution in [2.24, 2.45) is 16.7 Å². The molecule has 92 heavy (non-hydrogen) atoms. The number of alkyl carbamates (subject to hydrolysis) is 1. The van der Waals surface area contributed by atoms with Gasteiger partial charge in [-0.05, 0) is 74.6 Å². The van der Waals surface area contributed by atoms with Crippen molar-refractivity contribution in [1.82, 2.24) is 19.8 Å². The first-order valence-electron chi connectivity index (χ1n) is 30.3. The van der Waals surface area contributed by atoms with Gasteiger partial charge in [0, 0.05) is 68.9 Å². The number of benzene rings is 3. The Morgan fingerprint density at radius 1 is 0.804 bits per heavy atom. The molecule has 1 unspecified atom stereocenters. The lowest BCUT2D eigenvalue weighted by molar-refractivity contribution is -0.345. The van der Waals surface area contributed by atoms with Crippen LogP contribution in [0.3, 0.4) is 0 Å². The summed E-state index contributed by atoms with van der Waals surface area (Å²) in [5, 5.41) is 42.1. The number of phosphoric ester groups is 1. The van der Waals surface area contributed by atoms with E-state index in [0.717, 1.165) is 23.0 Å². The quantitative estimate of drug-likeness (QED) is 0.0191. The first-order chi connectivity index (χ1) is 43.4. The van der Waals surface area contributed by atoms with Crippen molar-refractivity contribution in [2.45, 2.75) is 172 Å². The molecule has 7 N–H and O–H groups in total. The number of esters is 4. The van der Waals surface area contributed by atoms with Gasteiger partial charge in [0.15, 0.2) is 23.6 Å². The van der Waals surface area contributed by atoms with E-state index in [0.29, 0.717) is 31.2 Å². The number of amides is 2. The van der Waals surface area contributed by atoms with E-state index in [4.69, 9.17) is 42.9 Å². The van der Waals surface area contributed by atoms with E-state index in [1.807, 2.05) is 0 Å². The summed E-state index contributed by atoms with van der Waals surface area (Å²) in [6, 6.07) is 22.4. The van der Waals surface area contributed by atoms with Crippen LogP contribution in [0.25, 0.3) is 0 Å². The molecule has 27 nitrogen and oxygen atoms in total. The summed E-state index contributed by atoms with van der Waals surface area (Å²) in [6.45, 7) is 8.42. The Labute approximate surface area is 528 Å².